The first-order chi connectivity index (χ1) is 14.3. The summed E-state index contributed by atoms with van der Waals surface area (Å²) in [5, 5.41) is 0. The van der Waals surface area contributed by atoms with E-state index in [2.05, 4.69) is 0 Å². The van der Waals surface area contributed by atoms with Crippen LogP contribution in [-0.2, 0) is 11.3 Å². The highest BCUT2D eigenvalue weighted by atomic mass is 16.5. The minimum absolute atomic E-state index is 0.0223. The van der Waals surface area contributed by atoms with Crippen LogP contribution in [0.15, 0.2) is 24.3 Å². The second-order valence-electron chi connectivity index (χ2n) is 7.49. The van der Waals surface area contributed by atoms with Crippen molar-refractivity contribution in [3.05, 3.63) is 52.3 Å². The summed E-state index contributed by atoms with van der Waals surface area (Å²) < 4.78 is 11.9. The van der Waals surface area contributed by atoms with Gasteiger partial charge in [-0.25, -0.2) is 4.79 Å². The Balaban J connectivity index is 1.90. The van der Waals surface area contributed by atoms with Gasteiger partial charge >= 0.3 is 5.97 Å². The summed E-state index contributed by atoms with van der Waals surface area (Å²) in [6, 6.07) is 6.95. The summed E-state index contributed by atoms with van der Waals surface area (Å²) in [6.45, 7) is 6.01. The molecule has 0 N–H and O–H groups in total. The lowest BCUT2D eigenvalue weighted by molar-refractivity contribution is 0.0587. The number of nitrogens with zero attached hydrogens (tertiary/aromatic N) is 2. The van der Waals surface area contributed by atoms with Crippen LogP contribution in [0.3, 0.4) is 0 Å². The largest absolute Gasteiger partial charge is 0.497 e. The highest BCUT2D eigenvalue weighted by Crippen LogP contribution is 2.30. The van der Waals surface area contributed by atoms with Gasteiger partial charge in [-0.1, -0.05) is 0 Å². The number of carbonyl (C=O) groups is 3. The average Bonchev–Trinajstić information content (AvgIpc) is 3.56. The van der Waals surface area contributed by atoms with Crippen LogP contribution >= 0.6 is 0 Å². The third-order valence-corrected chi connectivity index (χ3v) is 5.64. The van der Waals surface area contributed by atoms with Crippen molar-refractivity contribution < 1.29 is 23.9 Å². The summed E-state index contributed by atoms with van der Waals surface area (Å²) in [5.41, 5.74) is 2.71. The number of rotatable bonds is 8. The Hall–Kier alpha value is -3.09. The number of amides is 1. The molecule has 0 unspecified atom stereocenters. The molecule has 0 aliphatic heterocycles. The molecule has 1 saturated carbocycles. The van der Waals surface area contributed by atoms with E-state index in [0.29, 0.717) is 40.4 Å². The molecule has 1 fully saturated rings. The Labute approximate surface area is 176 Å². The molecule has 1 aliphatic rings. The lowest BCUT2D eigenvalue weighted by atomic mass is 10.0. The molecule has 1 aromatic heterocycles. The van der Waals surface area contributed by atoms with E-state index >= 15 is 0 Å². The van der Waals surface area contributed by atoms with Gasteiger partial charge in [-0.15, -0.1) is 0 Å². The number of methoxy groups -OCH3 is 2. The molecule has 3 rings (SSSR count). The number of ketones is 1. The first kappa shape index (κ1) is 21.6. The van der Waals surface area contributed by atoms with Crippen LogP contribution in [0.1, 0.15) is 62.2 Å². The maximum atomic E-state index is 13.3. The highest BCUT2D eigenvalue weighted by molar-refractivity contribution is 6.06. The molecule has 0 bridgehead atoms. The standard InChI is InChI=1S/C23H28N2O5/c1-6-24-15(3)20(14(2)21(24)23(28)30-5)19(26)13-25(17-9-10-17)22(27)16-7-11-18(29-4)12-8-16/h7-8,11-12,17H,6,9-10,13H2,1-5H3. The van der Waals surface area contributed by atoms with Gasteiger partial charge in [0.1, 0.15) is 11.4 Å². The number of esters is 1. The minimum atomic E-state index is -0.468. The molecular weight excluding hydrogens is 384 g/mol. The summed E-state index contributed by atoms with van der Waals surface area (Å²) in [7, 11) is 2.90. The van der Waals surface area contributed by atoms with Crippen molar-refractivity contribution in [1.29, 1.82) is 0 Å². The average molecular weight is 412 g/mol. The number of Topliss-reactive ketones (excluding diaryl/α,β-unsaturated/α-hetero) is 1. The van der Waals surface area contributed by atoms with Gasteiger partial charge in [-0.05, 0) is 63.4 Å². The summed E-state index contributed by atoms with van der Waals surface area (Å²) in [5.74, 6) is -0.143. The highest BCUT2D eigenvalue weighted by Gasteiger charge is 2.36. The summed E-state index contributed by atoms with van der Waals surface area (Å²) in [4.78, 5) is 40.3. The smallest absolute Gasteiger partial charge is 0.354 e. The van der Waals surface area contributed by atoms with Crippen LogP contribution in [0.4, 0.5) is 0 Å². The van der Waals surface area contributed by atoms with E-state index in [-0.39, 0.29) is 24.3 Å². The fourth-order valence-electron chi connectivity index (χ4n) is 3.95. The lowest BCUT2D eigenvalue weighted by Gasteiger charge is -2.22. The molecule has 2 aromatic rings. The van der Waals surface area contributed by atoms with E-state index in [9.17, 15) is 14.4 Å². The molecule has 1 amide bonds. The van der Waals surface area contributed by atoms with E-state index in [1.165, 1.54) is 7.11 Å². The van der Waals surface area contributed by atoms with Crippen LogP contribution in [0.5, 0.6) is 5.75 Å². The monoisotopic (exact) mass is 412 g/mol. The number of benzene rings is 1. The van der Waals surface area contributed by atoms with Gasteiger partial charge in [0.2, 0.25) is 0 Å². The molecule has 7 nitrogen and oxygen atoms in total. The summed E-state index contributed by atoms with van der Waals surface area (Å²) >= 11 is 0. The summed E-state index contributed by atoms with van der Waals surface area (Å²) in [6.07, 6.45) is 1.77. The molecule has 30 heavy (non-hydrogen) atoms. The molecule has 0 saturated heterocycles. The molecule has 0 spiro atoms. The van der Waals surface area contributed by atoms with E-state index in [1.54, 1.807) is 47.8 Å². The quantitative estimate of drug-likeness (QED) is 0.490. The Morgan fingerprint density at radius 3 is 2.23 bits per heavy atom. The number of hydrogen-bond acceptors (Lipinski definition) is 5. The SMILES string of the molecule is CCn1c(C)c(C(=O)CN(C(=O)c2ccc(OC)cc2)C2CC2)c(C)c1C(=O)OC. The van der Waals surface area contributed by atoms with Crippen LogP contribution in [0.25, 0.3) is 0 Å². The van der Waals surface area contributed by atoms with Gasteiger partial charge < -0.3 is 18.9 Å². The van der Waals surface area contributed by atoms with Crippen molar-refractivity contribution in [2.24, 2.45) is 0 Å². The molecule has 1 heterocycles. The van der Waals surface area contributed by atoms with Crippen LogP contribution < -0.4 is 4.74 Å². The Morgan fingerprint density at radius 1 is 1.10 bits per heavy atom. The molecule has 160 valence electrons. The Morgan fingerprint density at radius 2 is 1.73 bits per heavy atom. The topological polar surface area (TPSA) is 77.8 Å². The van der Waals surface area contributed by atoms with Crippen molar-refractivity contribution in [3.8, 4) is 5.75 Å². The Kier molecular flexibility index (Phi) is 6.29. The van der Waals surface area contributed by atoms with Crippen LogP contribution in [-0.4, -0.2) is 53.9 Å². The van der Waals surface area contributed by atoms with Gasteiger partial charge in [-0.3, -0.25) is 9.59 Å². The van der Waals surface area contributed by atoms with Crippen molar-refractivity contribution in [3.63, 3.8) is 0 Å². The molecule has 1 aliphatic carbocycles. The molecule has 7 heteroatoms. The molecule has 0 radical (unpaired) electrons. The third-order valence-electron chi connectivity index (χ3n) is 5.64. The second-order valence-corrected chi connectivity index (χ2v) is 7.49. The van der Waals surface area contributed by atoms with E-state index < -0.39 is 5.97 Å². The number of ether oxygens (including phenoxy) is 2. The number of aromatic nitrogens is 1. The maximum absolute atomic E-state index is 13.3. The predicted molar refractivity (Wildman–Crippen MR) is 112 cm³/mol. The van der Waals surface area contributed by atoms with Crippen molar-refractivity contribution >= 4 is 17.7 Å². The van der Waals surface area contributed by atoms with Crippen LogP contribution in [0, 0.1) is 13.8 Å². The van der Waals surface area contributed by atoms with Gasteiger partial charge in [0.05, 0.1) is 20.8 Å². The molecule has 0 atom stereocenters. The van der Waals surface area contributed by atoms with Gasteiger partial charge in [-0.2, -0.15) is 0 Å². The van der Waals surface area contributed by atoms with Crippen molar-refractivity contribution in [2.45, 2.75) is 46.2 Å². The minimum Gasteiger partial charge on any atom is -0.497 e. The van der Waals surface area contributed by atoms with Crippen molar-refractivity contribution in [2.75, 3.05) is 20.8 Å². The van der Waals surface area contributed by atoms with Crippen molar-refractivity contribution in [1.82, 2.24) is 9.47 Å². The predicted octanol–water partition coefficient (Wildman–Crippen LogP) is 3.41. The van der Waals surface area contributed by atoms with Gasteiger partial charge in [0.25, 0.3) is 5.91 Å². The molecular formula is C23H28N2O5. The fourth-order valence-corrected chi connectivity index (χ4v) is 3.95. The zero-order valence-corrected chi connectivity index (χ0v) is 18.2. The van der Waals surface area contributed by atoms with E-state index in [4.69, 9.17) is 9.47 Å². The lowest BCUT2D eigenvalue weighted by Crippen LogP contribution is -2.37. The van der Waals surface area contributed by atoms with E-state index in [0.717, 1.165) is 12.8 Å². The maximum Gasteiger partial charge on any atom is 0.354 e. The fraction of sp³-hybridized carbons (Fsp3) is 0.435. The Bertz CT molecular complexity index is 970. The van der Waals surface area contributed by atoms with Gasteiger partial charge in [0.15, 0.2) is 5.78 Å². The van der Waals surface area contributed by atoms with Gasteiger partial charge in [0, 0.05) is 29.4 Å². The first-order valence-corrected chi connectivity index (χ1v) is 10.1. The van der Waals surface area contributed by atoms with E-state index in [1.807, 2.05) is 13.8 Å². The normalized spacial score (nSPS) is 13.1. The number of carbonyl (C=O) groups excluding carboxylic acids is 3. The second kappa shape index (κ2) is 8.73. The zero-order valence-electron chi connectivity index (χ0n) is 18.2. The number of hydrogen-bond donors (Lipinski definition) is 0. The third kappa shape index (κ3) is 3.97. The molecule has 1 aromatic carbocycles. The van der Waals surface area contributed by atoms with Crippen LogP contribution in [0.2, 0.25) is 0 Å². The zero-order chi connectivity index (χ0) is 22.0. The first-order valence-electron chi connectivity index (χ1n) is 10.1.